The van der Waals surface area contributed by atoms with E-state index in [4.69, 9.17) is 0 Å². The smallest absolute Gasteiger partial charge is 0.116 e. The van der Waals surface area contributed by atoms with Crippen LogP contribution in [0.5, 0.6) is 0 Å². The molecular formula is C11H10N2S. The quantitative estimate of drug-likeness (QED) is 0.748. The van der Waals surface area contributed by atoms with Crippen molar-refractivity contribution in [3.8, 4) is 0 Å². The minimum absolute atomic E-state index is 0.959. The Hall–Kier alpha value is -1.48. The summed E-state index contributed by atoms with van der Waals surface area (Å²) < 4.78 is 0. The molecule has 0 saturated heterocycles. The molecule has 0 radical (unpaired) electrons. The predicted octanol–water partition coefficient (Wildman–Crippen LogP) is 3.02. The number of rotatable bonds is 2. The minimum atomic E-state index is 0.959. The molecule has 2 heterocycles. The van der Waals surface area contributed by atoms with Gasteiger partial charge in [0, 0.05) is 17.3 Å². The Balaban J connectivity index is 2.15. The Kier molecular flexibility index (Phi) is 2.70. The van der Waals surface area contributed by atoms with Crippen molar-refractivity contribution < 1.29 is 0 Å². The molecular weight excluding hydrogens is 192 g/mol. The Labute approximate surface area is 87.0 Å². The Bertz CT molecular complexity index is 432. The topological polar surface area (TPSA) is 25.8 Å². The second-order valence-corrected chi connectivity index (χ2v) is 3.80. The third-order valence-corrected chi connectivity index (χ3v) is 2.65. The van der Waals surface area contributed by atoms with Crippen molar-refractivity contribution in [3.63, 3.8) is 0 Å². The summed E-state index contributed by atoms with van der Waals surface area (Å²) in [5, 5.41) is 3.06. The molecule has 0 aliphatic rings. The van der Waals surface area contributed by atoms with E-state index in [2.05, 4.69) is 9.97 Å². The van der Waals surface area contributed by atoms with Crippen LogP contribution in [0.25, 0.3) is 12.2 Å². The molecule has 0 fully saturated rings. The van der Waals surface area contributed by atoms with E-state index < -0.39 is 0 Å². The van der Waals surface area contributed by atoms with Gasteiger partial charge in [0.2, 0.25) is 0 Å². The van der Waals surface area contributed by atoms with Crippen LogP contribution in [-0.4, -0.2) is 9.97 Å². The van der Waals surface area contributed by atoms with Crippen molar-refractivity contribution in [1.29, 1.82) is 0 Å². The van der Waals surface area contributed by atoms with Crippen LogP contribution in [0, 0.1) is 6.92 Å². The first-order valence-corrected chi connectivity index (χ1v) is 5.24. The van der Waals surface area contributed by atoms with E-state index in [0.29, 0.717) is 0 Å². The Morgan fingerprint density at radius 2 is 2.21 bits per heavy atom. The zero-order valence-corrected chi connectivity index (χ0v) is 8.66. The molecule has 0 aliphatic heterocycles. The molecule has 14 heavy (non-hydrogen) atoms. The molecule has 2 nitrogen and oxygen atoms in total. The van der Waals surface area contributed by atoms with Crippen LogP contribution in [0.4, 0.5) is 0 Å². The van der Waals surface area contributed by atoms with Gasteiger partial charge in [-0.15, -0.1) is 11.3 Å². The summed E-state index contributed by atoms with van der Waals surface area (Å²) in [7, 11) is 0. The molecule has 2 aromatic heterocycles. The molecule has 2 rings (SSSR count). The number of hydrogen-bond acceptors (Lipinski definition) is 3. The van der Waals surface area contributed by atoms with Gasteiger partial charge in [0.25, 0.3) is 0 Å². The second kappa shape index (κ2) is 4.15. The summed E-state index contributed by atoms with van der Waals surface area (Å²) in [4.78, 5) is 8.52. The molecule has 0 saturated carbocycles. The van der Waals surface area contributed by atoms with Crippen molar-refractivity contribution >= 4 is 23.5 Å². The van der Waals surface area contributed by atoms with Crippen molar-refractivity contribution in [2.75, 3.05) is 0 Å². The average Bonchev–Trinajstić information content (AvgIpc) is 2.63. The van der Waals surface area contributed by atoms with E-state index >= 15 is 0 Å². The summed E-state index contributed by atoms with van der Waals surface area (Å²) in [6, 6.07) is 5.85. The first kappa shape index (κ1) is 9.09. The van der Waals surface area contributed by atoms with E-state index in [9.17, 15) is 0 Å². The summed E-state index contributed by atoms with van der Waals surface area (Å²) in [5.41, 5.74) is 2.02. The second-order valence-electron chi connectivity index (χ2n) is 2.92. The van der Waals surface area contributed by atoms with Crippen molar-refractivity contribution in [2.24, 2.45) is 0 Å². The van der Waals surface area contributed by atoms with E-state index in [1.807, 2.05) is 42.7 Å². The maximum absolute atomic E-state index is 4.33. The number of hydrogen-bond donors (Lipinski definition) is 0. The molecule has 70 valence electrons. The lowest BCUT2D eigenvalue weighted by atomic mass is 10.3. The number of aryl methyl sites for hydroxylation is 1. The normalized spacial score (nSPS) is 10.9. The highest BCUT2D eigenvalue weighted by Crippen LogP contribution is 2.11. The summed E-state index contributed by atoms with van der Waals surface area (Å²) >= 11 is 1.64. The summed E-state index contributed by atoms with van der Waals surface area (Å²) in [6.07, 6.45) is 5.74. The molecule has 0 amide bonds. The largest absolute Gasteiger partial charge is 0.257 e. The minimum Gasteiger partial charge on any atom is -0.257 e. The third-order valence-electron chi connectivity index (χ3n) is 1.72. The van der Waals surface area contributed by atoms with Gasteiger partial charge in [0.15, 0.2) is 0 Å². The van der Waals surface area contributed by atoms with Crippen LogP contribution in [0.1, 0.15) is 16.4 Å². The molecule has 0 N–H and O–H groups in total. The first-order chi connectivity index (χ1) is 6.84. The van der Waals surface area contributed by atoms with E-state index in [0.717, 1.165) is 16.4 Å². The number of nitrogens with zero attached hydrogens (tertiary/aromatic N) is 2. The highest BCUT2D eigenvalue weighted by molar-refractivity contribution is 7.10. The van der Waals surface area contributed by atoms with Crippen LogP contribution in [0.2, 0.25) is 0 Å². The van der Waals surface area contributed by atoms with Gasteiger partial charge in [-0.25, -0.2) is 4.98 Å². The highest BCUT2D eigenvalue weighted by Gasteiger charge is 1.92. The lowest BCUT2D eigenvalue weighted by Crippen LogP contribution is -1.76. The summed E-state index contributed by atoms with van der Waals surface area (Å²) in [5.74, 6) is 0. The zero-order chi connectivity index (χ0) is 9.80. The van der Waals surface area contributed by atoms with Gasteiger partial charge >= 0.3 is 0 Å². The Morgan fingerprint density at radius 3 is 2.86 bits per heavy atom. The molecule has 0 spiro atoms. The SMILES string of the molecule is Cc1csc(/C=C/c2ccccn2)n1. The van der Waals surface area contributed by atoms with Gasteiger partial charge in [0.05, 0.1) is 5.69 Å². The monoisotopic (exact) mass is 202 g/mol. The molecule has 3 heteroatoms. The van der Waals surface area contributed by atoms with Gasteiger partial charge in [-0.3, -0.25) is 4.98 Å². The zero-order valence-electron chi connectivity index (χ0n) is 7.84. The van der Waals surface area contributed by atoms with Gasteiger partial charge in [-0.1, -0.05) is 6.07 Å². The van der Waals surface area contributed by atoms with Crippen molar-refractivity contribution in [1.82, 2.24) is 9.97 Å². The lowest BCUT2D eigenvalue weighted by molar-refractivity contribution is 1.25. The van der Waals surface area contributed by atoms with Crippen LogP contribution in [-0.2, 0) is 0 Å². The van der Waals surface area contributed by atoms with Gasteiger partial charge in [-0.2, -0.15) is 0 Å². The molecule has 0 unspecified atom stereocenters. The fraction of sp³-hybridized carbons (Fsp3) is 0.0909. The fourth-order valence-corrected chi connectivity index (χ4v) is 1.77. The molecule has 0 aromatic carbocycles. The Morgan fingerprint density at radius 1 is 1.29 bits per heavy atom. The highest BCUT2D eigenvalue weighted by atomic mass is 32.1. The van der Waals surface area contributed by atoms with Crippen LogP contribution in [0.3, 0.4) is 0 Å². The van der Waals surface area contributed by atoms with Gasteiger partial charge in [0.1, 0.15) is 5.01 Å². The fourth-order valence-electron chi connectivity index (χ4n) is 1.08. The van der Waals surface area contributed by atoms with Gasteiger partial charge in [-0.05, 0) is 31.2 Å². The predicted molar refractivity (Wildman–Crippen MR) is 60.0 cm³/mol. The summed E-state index contributed by atoms with van der Waals surface area (Å²) in [6.45, 7) is 1.99. The van der Waals surface area contributed by atoms with E-state index in [1.165, 1.54) is 0 Å². The van der Waals surface area contributed by atoms with E-state index in [1.54, 1.807) is 17.5 Å². The van der Waals surface area contributed by atoms with Crippen LogP contribution < -0.4 is 0 Å². The molecule has 0 aliphatic carbocycles. The van der Waals surface area contributed by atoms with Crippen LogP contribution in [0.15, 0.2) is 29.8 Å². The van der Waals surface area contributed by atoms with Gasteiger partial charge < -0.3 is 0 Å². The number of thiazole rings is 1. The van der Waals surface area contributed by atoms with Crippen molar-refractivity contribution in [2.45, 2.75) is 6.92 Å². The maximum Gasteiger partial charge on any atom is 0.116 e. The maximum atomic E-state index is 4.33. The number of aromatic nitrogens is 2. The average molecular weight is 202 g/mol. The molecule has 0 bridgehead atoms. The molecule has 0 atom stereocenters. The van der Waals surface area contributed by atoms with Crippen LogP contribution >= 0.6 is 11.3 Å². The van der Waals surface area contributed by atoms with Crippen molar-refractivity contribution in [3.05, 3.63) is 46.2 Å². The lowest BCUT2D eigenvalue weighted by Gasteiger charge is -1.88. The first-order valence-electron chi connectivity index (χ1n) is 4.36. The standard InChI is InChI=1S/C11H10N2S/c1-9-8-14-11(13-9)6-5-10-4-2-3-7-12-10/h2-8H,1H3/b6-5+. The molecule has 2 aromatic rings. The third kappa shape index (κ3) is 2.26. The van der Waals surface area contributed by atoms with E-state index in [-0.39, 0.29) is 0 Å². The number of pyridine rings is 1.